The van der Waals surface area contributed by atoms with Crippen molar-refractivity contribution < 1.29 is 9.90 Å². The van der Waals surface area contributed by atoms with Gasteiger partial charge < -0.3 is 15.0 Å². The number of hydrogen-bond acceptors (Lipinski definition) is 3. The van der Waals surface area contributed by atoms with Gasteiger partial charge in [0.25, 0.3) is 5.91 Å². The second-order valence-corrected chi connectivity index (χ2v) is 5.42. The molecule has 0 aliphatic carbocycles. The third-order valence-electron chi connectivity index (χ3n) is 3.29. The third-order valence-corrected chi connectivity index (χ3v) is 3.29. The smallest absolute Gasteiger partial charge is 0.251 e. The van der Waals surface area contributed by atoms with Crippen molar-refractivity contribution in [2.45, 2.75) is 26.4 Å². The highest BCUT2D eigenvalue weighted by molar-refractivity contribution is 5.94. The van der Waals surface area contributed by atoms with Crippen LogP contribution in [0.1, 0.15) is 30.6 Å². The molecule has 1 amide bonds. The Morgan fingerprint density at radius 2 is 2.05 bits per heavy atom. The van der Waals surface area contributed by atoms with Gasteiger partial charge in [0.2, 0.25) is 0 Å². The van der Waals surface area contributed by atoms with Crippen LogP contribution in [0.5, 0.6) is 0 Å². The number of aliphatic hydroxyl groups excluding tert-OH is 1. The van der Waals surface area contributed by atoms with E-state index in [0.29, 0.717) is 18.5 Å². The van der Waals surface area contributed by atoms with Crippen LogP contribution in [0.3, 0.4) is 0 Å². The van der Waals surface area contributed by atoms with E-state index in [-0.39, 0.29) is 17.9 Å². The molecule has 0 spiro atoms. The van der Waals surface area contributed by atoms with E-state index in [1.54, 1.807) is 31.6 Å². The topological polar surface area (TPSA) is 67.2 Å². The average molecular weight is 287 g/mol. The quantitative estimate of drug-likeness (QED) is 0.854. The Morgan fingerprint density at radius 3 is 2.62 bits per heavy atom. The minimum atomic E-state index is -0.341. The normalized spacial score (nSPS) is 13.7. The van der Waals surface area contributed by atoms with Crippen LogP contribution in [0.25, 0.3) is 5.69 Å². The lowest BCUT2D eigenvalue weighted by atomic mass is 10.0. The number of carbonyl (C=O) groups excluding carboxylic acids is 1. The van der Waals surface area contributed by atoms with Gasteiger partial charge in [-0.15, -0.1) is 0 Å². The Labute approximate surface area is 124 Å². The van der Waals surface area contributed by atoms with Crippen molar-refractivity contribution in [2.75, 3.05) is 6.54 Å². The number of amides is 1. The number of aliphatic hydroxyl groups is 1. The maximum absolute atomic E-state index is 12.0. The molecule has 0 fully saturated rings. The molecule has 2 unspecified atom stereocenters. The highest BCUT2D eigenvalue weighted by Crippen LogP contribution is 2.10. The predicted octanol–water partition coefficient (Wildman–Crippen LogP) is 2.01. The minimum absolute atomic E-state index is 0.0929. The van der Waals surface area contributed by atoms with Gasteiger partial charge in [-0.3, -0.25) is 4.79 Å². The number of hydrogen-bond donors (Lipinski definition) is 2. The second kappa shape index (κ2) is 7.04. The lowest BCUT2D eigenvalue weighted by Gasteiger charge is -2.14. The molecule has 112 valence electrons. The summed E-state index contributed by atoms with van der Waals surface area (Å²) in [5, 5.41) is 12.2. The summed E-state index contributed by atoms with van der Waals surface area (Å²) in [5.74, 6) is 0.156. The van der Waals surface area contributed by atoms with Gasteiger partial charge in [-0.1, -0.05) is 6.92 Å². The fourth-order valence-electron chi connectivity index (χ4n) is 2.23. The Bertz CT molecular complexity index is 562. The molecule has 2 rings (SSSR count). The first-order valence-electron chi connectivity index (χ1n) is 7.11. The van der Waals surface area contributed by atoms with Crippen LogP contribution in [0, 0.1) is 5.92 Å². The molecule has 0 radical (unpaired) electrons. The van der Waals surface area contributed by atoms with Gasteiger partial charge in [-0.25, -0.2) is 4.98 Å². The molecule has 2 atom stereocenters. The molecular formula is C16H21N3O2. The fourth-order valence-corrected chi connectivity index (χ4v) is 2.23. The number of imidazole rings is 1. The maximum Gasteiger partial charge on any atom is 0.251 e. The molecule has 0 aliphatic rings. The maximum atomic E-state index is 12.0. The zero-order chi connectivity index (χ0) is 15.2. The first-order valence-corrected chi connectivity index (χ1v) is 7.11. The molecule has 0 saturated heterocycles. The summed E-state index contributed by atoms with van der Waals surface area (Å²) in [7, 11) is 0. The molecule has 1 aromatic heterocycles. The number of aromatic nitrogens is 2. The summed E-state index contributed by atoms with van der Waals surface area (Å²) < 4.78 is 1.88. The van der Waals surface area contributed by atoms with Crippen molar-refractivity contribution in [2.24, 2.45) is 5.92 Å². The van der Waals surface area contributed by atoms with Crippen LogP contribution >= 0.6 is 0 Å². The van der Waals surface area contributed by atoms with Crippen molar-refractivity contribution in [3.63, 3.8) is 0 Å². The molecule has 2 aromatic rings. The Kier molecular flexibility index (Phi) is 5.11. The van der Waals surface area contributed by atoms with E-state index in [1.165, 1.54) is 0 Å². The minimum Gasteiger partial charge on any atom is -0.393 e. The fraction of sp³-hybridized carbons (Fsp3) is 0.375. The van der Waals surface area contributed by atoms with Crippen molar-refractivity contribution >= 4 is 5.91 Å². The molecule has 5 heteroatoms. The Hall–Kier alpha value is -2.14. The molecule has 1 aromatic carbocycles. The molecule has 0 bridgehead atoms. The number of nitrogens with one attached hydrogen (secondary N) is 1. The first-order chi connectivity index (χ1) is 10.1. The summed E-state index contributed by atoms with van der Waals surface area (Å²) >= 11 is 0. The number of carbonyl (C=O) groups is 1. The van der Waals surface area contributed by atoms with E-state index in [4.69, 9.17) is 0 Å². The van der Waals surface area contributed by atoms with Crippen LogP contribution in [0.4, 0.5) is 0 Å². The zero-order valence-electron chi connectivity index (χ0n) is 12.4. The Balaban J connectivity index is 1.91. The number of rotatable bonds is 6. The van der Waals surface area contributed by atoms with E-state index in [2.05, 4.69) is 10.3 Å². The number of nitrogens with zero attached hydrogens (tertiary/aromatic N) is 2. The van der Waals surface area contributed by atoms with Gasteiger partial charge in [0.05, 0.1) is 12.4 Å². The molecule has 5 nitrogen and oxygen atoms in total. The molecule has 0 aliphatic heterocycles. The van der Waals surface area contributed by atoms with Gasteiger partial charge in [0, 0.05) is 30.2 Å². The number of benzene rings is 1. The second-order valence-electron chi connectivity index (χ2n) is 5.42. The van der Waals surface area contributed by atoms with Crippen LogP contribution in [0.2, 0.25) is 0 Å². The molecular weight excluding hydrogens is 266 g/mol. The van der Waals surface area contributed by atoms with Crippen LogP contribution in [-0.2, 0) is 0 Å². The van der Waals surface area contributed by atoms with Crippen LogP contribution < -0.4 is 5.32 Å². The summed E-state index contributed by atoms with van der Waals surface area (Å²) in [4.78, 5) is 16.0. The van der Waals surface area contributed by atoms with Crippen molar-refractivity contribution in [1.29, 1.82) is 0 Å². The third kappa shape index (κ3) is 4.43. The molecule has 0 saturated carbocycles. The van der Waals surface area contributed by atoms with Gasteiger partial charge in [-0.2, -0.15) is 0 Å². The summed E-state index contributed by atoms with van der Waals surface area (Å²) in [6.45, 7) is 4.33. The van der Waals surface area contributed by atoms with Gasteiger partial charge in [-0.05, 0) is 43.5 Å². The molecule has 1 heterocycles. The molecule has 2 N–H and O–H groups in total. The van der Waals surface area contributed by atoms with E-state index in [9.17, 15) is 9.90 Å². The highest BCUT2D eigenvalue weighted by Gasteiger charge is 2.10. The summed E-state index contributed by atoms with van der Waals surface area (Å²) in [6, 6.07) is 7.36. The van der Waals surface area contributed by atoms with Gasteiger partial charge >= 0.3 is 0 Å². The van der Waals surface area contributed by atoms with E-state index < -0.39 is 0 Å². The largest absolute Gasteiger partial charge is 0.393 e. The van der Waals surface area contributed by atoms with E-state index in [0.717, 1.165) is 5.69 Å². The predicted molar refractivity (Wildman–Crippen MR) is 81.4 cm³/mol. The van der Waals surface area contributed by atoms with Crippen LogP contribution in [-0.4, -0.2) is 33.2 Å². The van der Waals surface area contributed by atoms with Crippen molar-refractivity contribution in [1.82, 2.24) is 14.9 Å². The van der Waals surface area contributed by atoms with E-state index >= 15 is 0 Å². The highest BCUT2D eigenvalue weighted by atomic mass is 16.3. The zero-order valence-corrected chi connectivity index (χ0v) is 12.4. The monoisotopic (exact) mass is 287 g/mol. The van der Waals surface area contributed by atoms with Crippen molar-refractivity contribution in [3.8, 4) is 5.69 Å². The van der Waals surface area contributed by atoms with Crippen LogP contribution in [0.15, 0.2) is 43.0 Å². The summed E-state index contributed by atoms with van der Waals surface area (Å²) in [6.07, 6.45) is 5.62. The first kappa shape index (κ1) is 15.3. The average Bonchev–Trinajstić information content (AvgIpc) is 2.98. The lowest BCUT2D eigenvalue weighted by molar-refractivity contribution is 0.0939. The summed E-state index contributed by atoms with van der Waals surface area (Å²) in [5.41, 5.74) is 1.59. The van der Waals surface area contributed by atoms with E-state index in [1.807, 2.05) is 29.8 Å². The lowest BCUT2D eigenvalue weighted by Crippen LogP contribution is -2.29. The molecule has 21 heavy (non-hydrogen) atoms. The van der Waals surface area contributed by atoms with Gasteiger partial charge in [0.1, 0.15) is 0 Å². The van der Waals surface area contributed by atoms with Gasteiger partial charge in [0.15, 0.2) is 0 Å². The Morgan fingerprint density at radius 1 is 1.33 bits per heavy atom. The standard InChI is InChI=1S/C16H21N3O2/c1-12(9-13(2)20)10-18-16(21)14-3-5-15(6-4-14)19-8-7-17-11-19/h3-8,11-13,20H,9-10H2,1-2H3,(H,18,21). The van der Waals surface area contributed by atoms with Crippen molar-refractivity contribution in [3.05, 3.63) is 48.5 Å². The SMILES string of the molecule is CC(O)CC(C)CNC(=O)c1ccc(-n2ccnc2)cc1.